The summed E-state index contributed by atoms with van der Waals surface area (Å²) >= 11 is 0. The minimum Gasteiger partial charge on any atom is -0.378 e. The fourth-order valence-corrected chi connectivity index (χ4v) is 1.28. The van der Waals surface area contributed by atoms with Crippen molar-refractivity contribution in [3.8, 4) is 0 Å². The lowest BCUT2D eigenvalue weighted by Crippen LogP contribution is -2.19. The molecule has 0 aromatic carbocycles. The van der Waals surface area contributed by atoms with Crippen molar-refractivity contribution in [1.82, 2.24) is 4.90 Å². The van der Waals surface area contributed by atoms with Crippen LogP contribution in [0, 0.1) is 5.92 Å². The molecule has 0 atom stereocenters. The number of unbranched alkanes of at least 4 members (excludes halogenated alkanes) is 2. The maximum atomic E-state index is 2.47. The van der Waals surface area contributed by atoms with Crippen LogP contribution >= 0.6 is 0 Å². The molecule has 0 saturated carbocycles. The average molecular weight is 197 g/mol. The molecule has 0 aliphatic carbocycles. The van der Waals surface area contributed by atoms with Gasteiger partial charge in [-0.25, -0.2) is 0 Å². The molecule has 0 aromatic rings. The van der Waals surface area contributed by atoms with Gasteiger partial charge in [0.15, 0.2) is 0 Å². The lowest BCUT2D eigenvalue weighted by molar-refractivity contribution is 0.358. The van der Waals surface area contributed by atoms with Crippen molar-refractivity contribution in [3.63, 3.8) is 0 Å². The molecule has 84 valence electrons. The van der Waals surface area contributed by atoms with Gasteiger partial charge in [-0.2, -0.15) is 0 Å². The largest absolute Gasteiger partial charge is 0.378 e. The van der Waals surface area contributed by atoms with Gasteiger partial charge in [0, 0.05) is 13.1 Å². The van der Waals surface area contributed by atoms with E-state index in [1.807, 2.05) is 0 Å². The zero-order chi connectivity index (χ0) is 10.8. The zero-order valence-corrected chi connectivity index (χ0v) is 10.4. The number of hydrogen-bond donors (Lipinski definition) is 0. The van der Waals surface area contributed by atoms with Crippen LogP contribution in [0.3, 0.4) is 0 Å². The Kier molecular flexibility index (Phi) is 8.81. The van der Waals surface area contributed by atoms with Crippen molar-refractivity contribution in [1.29, 1.82) is 0 Å². The Morgan fingerprint density at radius 3 is 1.86 bits per heavy atom. The summed E-state index contributed by atoms with van der Waals surface area (Å²) < 4.78 is 0. The van der Waals surface area contributed by atoms with E-state index in [4.69, 9.17) is 0 Å². The lowest BCUT2D eigenvalue weighted by Gasteiger charge is -2.20. The molecule has 14 heavy (non-hydrogen) atoms. The average Bonchev–Trinajstić information content (AvgIpc) is 2.16. The minimum absolute atomic E-state index is 0.667. The number of allylic oxidation sites excluding steroid dienone is 1. The summed E-state index contributed by atoms with van der Waals surface area (Å²) in [6.07, 6.45) is 9.79. The summed E-state index contributed by atoms with van der Waals surface area (Å²) in [5.41, 5.74) is 0. The maximum absolute atomic E-state index is 2.47. The molecule has 0 fully saturated rings. The number of nitrogens with zero attached hydrogens (tertiary/aromatic N) is 1. The molecule has 1 nitrogen and oxygen atoms in total. The first-order valence-corrected chi connectivity index (χ1v) is 6.13. The van der Waals surface area contributed by atoms with E-state index in [2.05, 4.69) is 44.9 Å². The van der Waals surface area contributed by atoms with E-state index < -0.39 is 0 Å². The van der Waals surface area contributed by atoms with E-state index in [-0.39, 0.29) is 0 Å². The van der Waals surface area contributed by atoms with Gasteiger partial charge < -0.3 is 4.90 Å². The molecule has 0 radical (unpaired) electrons. The zero-order valence-electron chi connectivity index (χ0n) is 10.4. The molecule has 0 heterocycles. The molecule has 0 unspecified atom stereocenters. The first-order chi connectivity index (χ1) is 6.70. The number of hydrogen-bond acceptors (Lipinski definition) is 1. The van der Waals surface area contributed by atoms with Crippen LogP contribution in [0.25, 0.3) is 0 Å². The summed E-state index contributed by atoms with van der Waals surface area (Å²) in [6.45, 7) is 11.4. The molecule has 0 aliphatic heterocycles. The van der Waals surface area contributed by atoms with Crippen molar-refractivity contribution < 1.29 is 0 Å². The third-order valence-electron chi connectivity index (χ3n) is 2.28. The lowest BCUT2D eigenvalue weighted by atomic mass is 10.2. The molecule has 0 rings (SSSR count). The highest BCUT2D eigenvalue weighted by molar-refractivity contribution is 4.84. The van der Waals surface area contributed by atoms with E-state index in [1.165, 1.54) is 38.8 Å². The fraction of sp³-hybridized carbons (Fsp3) is 0.846. The standard InChI is InChI=1S/C13H27N/c1-5-7-10-14(11-8-6-2)12-9-13(3)4/h9,12-13H,5-8,10-11H2,1-4H3. The molecular formula is C13H27N. The summed E-state index contributed by atoms with van der Waals surface area (Å²) in [5, 5.41) is 0. The Hall–Kier alpha value is -0.460. The van der Waals surface area contributed by atoms with Crippen molar-refractivity contribution in [2.75, 3.05) is 13.1 Å². The van der Waals surface area contributed by atoms with Crippen LogP contribution < -0.4 is 0 Å². The highest BCUT2D eigenvalue weighted by Gasteiger charge is 1.97. The van der Waals surface area contributed by atoms with Crippen LogP contribution in [-0.4, -0.2) is 18.0 Å². The third kappa shape index (κ3) is 8.15. The van der Waals surface area contributed by atoms with Gasteiger partial charge in [0.05, 0.1) is 0 Å². The normalized spacial score (nSPS) is 11.5. The van der Waals surface area contributed by atoms with Gasteiger partial charge in [-0.05, 0) is 25.0 Å². The van der Waals surface area contributed by atoms with Crippen molar-refractivity contribution in [3.05, 3.63) is 12.3 Å². The van der Waals surface area contributed by atoms with Gasteiger partial charge in [-0.15, -0.1) is 0 Å². The summed E-state index contributed by atoms with van der Waals surface area (Å²) in [7, 11) is 0. The second-order valence-corrected chi connectivity index (χ2v) is 4.33. The van der Waals surface area contributed by atoms with E-state index in [9.17, 15) is 0 Å². The van der Waals surface area contributed by atoms with Crippen LogP contribution in [0.4, 0.5) is 0 Å². The van der Waals surface area contributed by atoms with E-state index in [1.54, 1.807) is 0 Å². The third-order valence-corrected chi connectivity index (χ3v) is 2.28. The van der Waals surface area contributed by atoms with Crippen molar-refractivity contribution in [2.45, 2.75) is 53.4 Å². The molecule has 0 aliphatic rings. The predicted octanol–water partition coefficient (Wildman–Crippen LogP) is 4.06. The summed E-state index contributed by atoms with van der Waals surface area (Å²) in [6, 6.07) is 0. The Labute approximate surface area is 90.2 Å². The first kappa shape index (κ1) is 13.5. The fourth-order valence-electron chi connectivity index (χ4n) is 1.28. The quantitative estimate of drug-likeness (QED) is 0.567. The molecule has 0 amide bonds. The van der Waals surface area contributed by atoms with Crippen LogP contribution in [0.5, 0.6) is 0 Å². The second kappa shape index (κ2) is 9.11. The van der Waals surface area contributed by atoms with Crippen LogP contribution in [0.15, 0.2) is 12.3 Å². The van der Waals surface area contributed by atoms with Gasteiger partial charge in [0.25, 0.3) is 0 Å². The van der Waals surface area contributed by atoms with E-state index >= 15 is 0 Å². The topological polar surface area (TPSA) is 3.24 Å². The SMILES string of the molecule is CCCCN(C=CC(C)C)CCCC. The Bertz CT molecular complexity index is 130. The minimum atomic E-state index is 0.667. The molecule has 0 spiro atoms. The Morgan fingerprint density at radius 1 is 1.00 bits per heavy atom. The Morgan fingerprint density at radius 2 is 1.50 bits per heavy atom. The maximum Gasteiger partial charge on any atom is 0.0172 e. The highest BCUT2D eigenvalue weighted by atomic mass is 15.1. The molecule has 0 aromatic heterocycles. The Balaban J connectivity index is 3.83. The van der Waals surface area contributed by atoms with Crippen molar-refractivity contribution in [2.24, 2.45) is 5.92 Å². The monoisotopic (exact) mass is 197 g/mol. The highest BCUT2D eigenvalue weighted by Crippen LogP contribution is 2.02. The van der Waals surface area contributed by atoms with Gasteiger partial charge in [0.1, 0.15) is 0 Å². The van der Waals surface area contributed by atoms with Crippen LogP contribution in [0.2, 0.25) is 0 Å². The second-order valence-electron chi connectivity index (χ2n) is 4.33. The van der Waals surface area contributed by atoms with Gasteiger partial charge in [-0.3, -0.25) is 0 Å². The van der Waals surface area contributed by atoms with Gasteiger partial charge >= 0.3 is 0 Å². The van der Waals surface area contributed by atoms with Gasteiger partial charge in [0.2, 0.25) is 0 Å². The number of rotatable bonds is 8. The molecular weight excluding hydrogens is 170 g/mol. The summed E-state index contributed by atoms with van der Waals surface area (Å²) in [5.74, 6) is 0.667. The smallest absolute Gasteiger partial charge is 0.0172 e. The molecule has 1 heteroatoms. The molecule has 0 saturated heterocycles. The van der Waals surface area contributed by atoms with Crippen LogP contribution in [-0.2, 0) is 0 Å². The molecule has 0 N–H and O–H groups in total. The first-order valence-electron chi connectivity index (χ1n) is 6.13. The predicted molar refractivity (Wildman–Crippen MR) is 65.4 cm³/mol. The van der Waals surface area contributed by atoms with Crippen molar-refractivity contribution >= 4 is 0 Å². The van der Waals surface area contributed by atoms with Gasteiger partial charge in [-0.1, -0.05) is 46.6 Å². The summed E-state index contributed by atoms with van der Waals surface area (Å²) in [4.78, 5) is 2.47. The van der Waals surface area contributed by atoms with E-state index in [0.29, 0.717) is 5.92 Å². The molecule has 0 bridgehead atoms. The van der Waals surface area contributed by atoms with Crippen LogP contribution in [0.1, 0.15) is 53.4 Å². The van der Waals surface area contributed by atoms with E-state index in [0.717, 1.165) is 0 Å².